The minimum absolute atomic E-state index is 0.117. The molecule has 0 saturated carbocycles. The second kappa shape index (κ2) is 12.4. The summed E-state index contributed by atoms with van der Waals surface area (Å²) in [6, 6.07) is 19.5. The van der Waals surface area contributed by atoms with E-state index in [0.717, 1.165) is 51.3 Å². The number of para-hydroxylation sites is 2. The number of carbonyl (C=O) groups excluding carboxylic acids is 2. The number of hydrogen-bond donors (Lipinski definition) is 1. The first-order valence-electron chi connectivity index (χ1n) is 12.5. The molecule has 2 aromatic rings. The van der Waals surface area contributed by atoms with Gasteiger partial charge in [0.1, 0.15) is 11.8 Å². The Hall–Kier alpha value is -3.39. The zero-order chi connectivity index (χ0) is 24.5. The molecule has 35 heavy (non-hydrogen) atoms. The second-order valence-electron chi connectivity index (χ2n) is 8.83. The fourth-order valence-electron chi connectivity index (χ4n) is 4.53. The highest BCUT2D eigenvalue weighted by Gasteiger charge is 2.36. The lowest BCUT2D eigenvalue weighted by Crippen LogP contribution is -2.46. The summed E-state index contributed by atoms with van der Waals surface area (Å²) in [5.74, 6) is -0.579. The molecule has 8 nitrogen and oxygen atoms in total. The lowest BCUT2D eigenvalue weighted by molar-refractivity contribution is -0.135. The Labute approximate surface area is 207 Å². The highest BCUT2D eigenvalue weighted by atomic mass is 16.5. The van der Waals surface area contributed by atoms with Crippen molar-refractivity contribution in [2.24, 2.45) is 5.10 Å². The zero-order valence-electron chi connectivity index (χ0n) is 20.4. The van der Waals surface area contributed by atoms with Crippen LogP contribution in [0, 0.1) is 0 Å². The second-order valence-corrected chi connectivity index (χ2v) is 8.83. The van der Waals surface area contributed by atoms with E-state index in [2.05, 4.69) is 50.5 Å². The van der Waals surface area contributed by atoms with Gasteiger partial charge in [-0.1, -0.05) is 36.4 Å². The first-order valence-corrected chi connectivity index (χ1v) is 12.5. The van der Waals surface area contributed by atoms with Crippen molar-refractivity contribution >= 4 is 29.0 Å². The maximum absolute atomic E-state index is 13.0. The Morgan fingerprint density at radius 2 is 1.60 bits per heavy atom. The molecule has 2 aliphatic heterocycles. The van der Waals surface area contributed by atoms with E-state index in [4.69, 9.17) is 4.74 Å². The average molecular weight is 478 g/mol. The number of nitrogens with zero attached hydrogens (tertiary/aromatic N) is 4. The van der Waals surface area contributed by atoms with Crippen LogP contribution in [0.3, 0.4) is 0 Å². The van der Waals surface area contributed by atoms with Gasteiger partial charge in [0, 0.05) is 44.8 Å². The van der Waals surface area contributed by atoms with E-state index < -0.39 is 12.0 Å². The number of hydrogen-bond acceptors (Lipinski definition) is 7. The van der Waals surface area contributed by atoms with Crippen LogP contribution in [-0.2, 0) is 14.3 Å². The molecular weight excluding hydrogens is 442 g/mol. The van der Waals surface area contributed by atoms with E-state index in [0.29, 0.717) is 6.54 Å². The van der Waals surface area contributed by atoms with E-state index in [-0.39, 0.29) is 24.6 Å². The highest BCUT2D eigenvalue weighted by molar-refractivity contribution is 6.38. The summed E-state index contributed by atoms with van der Waals surface area (Å²) >= 11 is 0. The third kappa shape index (κ3) is 6.60. The molecule has 2 heterocycles. The van der Waals surface area contributed by atoms with Gasteiger partial charge < -0.3 is 15.0 Å². The number of amides is 1. The van der Waals surface area contributed by atoms with E-state index in [1.807, 2.05) is 30.3 Å². The first-order chi connectivity index (χ1) is 17.2. The molecular formula is C27H35N5O3. The predicted octanol–water partition coefficient (Wildman–Crippen LogP) is 2.90. The Bertz CT molecular complexity index is 990. The third-order valence-corrected chi connectivity index (χ3v) is 6.44. The lowest BCUT2D eigenvalue weighted by Gasteiger charge is -2.36. The molecule has 1 atom stereocenters. The van der Waals surface area contributed by atoms with Crippen LogP contribution in [0.4, 0.5) is 11.4 Å². The minimum atomic E-state index is -0.553. The van der Waals surface area contributed by atoms with Crippen molar-refractivity contribution in [1.82, 2.24) is 10.2 Å². The molecule has 0 radical (unpaired) electrons. The van der Waals surface area contributed by atoms with Crippen LogP contribution in [0.1, 0.15) is 26.2 Å². The van der Waals surface area contributed by atoms with Gasteiger partial charge in [-0.05, 0) is 50.6 Å². The van der Waals surface area contributed by atoms with Gasteiger partial charge in [-0.2, -0.15) is 5.10 Å². The van der Waals surface area contributed by atoms with Crippen LogP contribution >= 0.6 is 0 Å². The number of ether oxygens (including phenoxy) is 1. The summed E-state index contributed by atoms with van der Waals surface area (Å²) < 4.78 is 5.10. The van der Waals surface area contributed by atoms with Crippen LogP contribution in [0.15, 0.2) is 65.8 Å². The summed E-state index contributed by atoms with van der Waals surface area (Å²) in [6.45, 7) is 7.88. The van der Waals surface area contributed by atoms with Gasteiger partial charge in [0.2, 0.25) is 5.91 Å². The molecule has 2 aromatic carbocycles. The Morgan fingerprint density at radius 3 is 2.26 bits per heavy atom. The van der Waals surface area contributed by atoms with Crippen molar-refractivity contribution in [2.75, 3.05) is 55.8 Å². The number of esters is 1. The van der Waals surface area contributed by atoms with Gasteiger partial charge >= 0.3 is 5.97 Å². The number of hydrazone groups is 1. The van der Waals surface area contributed by atoms with Crippen molar-refractivity contribution in [3.05, 3.63) is 60.7 Å². The number of benzene rings is 2. The Morgan fingerprint density at radius 1 is 0.943 bits per heavy atom. The predicted molar refractivity (Wildman–Crippen MR) is 139 cm³/mol. The number of unbranched alkanes of at least 4 members (excludes halogenated alkanes) is 1. The summed E-state index contributed by atoms with van der Waals surface area (Å²) in [4.78, 5) is 30.1. The van der Waals surface area contributed by atoms with Crippen molar-refractivity contribution in [3.8, 4) is 0 Å². The molecule has 186 valence electrons. The summed E-state index contributed by atoms with van der Waals surface area (Å²) in [6.07, 6.45) is 2.18. The summed E-state index contributed by atoms with van der Waals surface area (Å²) in [5, 5.41) is 9.10. The average Bonchev–Trinajstić information content (AvgIpc) is 3.36. The van der Waals surface area contributed by atoms with Crippen LogP contribution in [0.5, 0.6) is 0 Å². The smallest absolute Gasteiger partial charge is 0.354 e. The molecule has 1 unspecified atom stereocenters. The SMILES string of the molecule is CCOC(=O)C1=NN(c2ccccc2)C(C(=O)NCCCCN2CCN(c3ccccc3)CC2)C1. The van der Waals surface area contributed by atoms with Gasteiger partial charge in [0.15, 0.2) is 0 Å². The van der Waals surface area contributed by atoms with E-state index in [1.165, 1.54) is 5.69 Å². The van der Waals surface area contributed by atoms with Gasteiger partial charge in [-0.3, -0.25) is 14.7 Å². The van der Waals surface area contributed by atoms with E-state index in [9.17, 15) is 9.59 Å². The molecule has 2 aliphatic rings. The standard InChI is InChI=1S/C27H35N5O3/c1-2-35-27(34)24-21-25(32(29-24)23-13-7-4-8-14-23)26(33)28-15-9-10-16-30-17-19-31(20-18-30)22-11-5-3-6-12-22/h3-8,11-14,25H,2,9-10,15-21H2,1H3,(H,28,33). The van der Waals surface area contributed by atoms with Gasteiger partial charge in [0.05, 0.1) is 12.3 Å². The van der Waals surface area contributed by atoms with Crippen LogP contribution in [0.2, 0.25) is 0 Å². The molecule has 1 N–H and O–H groups in total. The molecule has 1 amide bonds. The normalized spacial score (nSPS) is 18.3. The Kier molecular flexibility index (Phi) is 8.73. The molecule has 1 fully saturated rings. The summed E-state index contributed by atoms with van der Waals surface area (Å²) in [5.41, 5.74) is 2.36. The molecule has 8 heteroatoms. The number of piperazine rings is 1. The number of nitrogens with one attached hydrogen (secondary N) is 1. The molecule has 0 spiro atoms. The van der Waals surface area contributed by atoms with Gasteiger partial charge in [-0.15, -0.1) is 0 Å². The molecule has 0 aliphatic carbocycles. The molecule has 4 rings (SSSR count). The highest BCUT2D eigenvalue weighted by Crippen LogP contribution is 2.25. The van der Waals surface area contributed by atoms with Crippen molar-refractivity contribution < 1.29 is 14.3 Å². The largest absolute Gasteiger partial charge is 0.461 e. The van der Waals surface area contributed by atoms with E-state index >= 15 is 0 Å². The molecule has 0 aromatic heterocycles. The van der Waals surface area contributed by atoms with Gasteiger partial charge in [-0.25, -0.2) is 4.79 Å². The van der Waals surface area contributed by atoms with Crippen LogP contribution < -0.4 is 15.2 Å². The maximum Gasteiger partial charge on any atom is 0.354 e. The number of carbonyl (C=O) groups is 2. The molecule has 0 bridgehead atoms. The van der Waals surface area contributed by atoms with E-state index in [1.54, 1.807) is 11.9 Å². The topological polar surface area (TPSA) is 77.5 Å². The maximum atomic E-state index is 13.0. The minimum Gasteiger partial charge on any atom is -0.461 e. The van der Waals surface area contributed by atoms with Crippen molar-refractivity contribution in [2.45, 2.75) is 32.2 Å². The van der Waals surface area contributed by atoms with Gasteiger partial charge in [0.25, 0.3) is 0 Å². The van der Waals surface area contributed by atoms with Crippen molar-refractivity contribution in [3.63, 3.8) is 0 Å². The van der Waals surface area contributed by atoms with Crippen LogP contribution in [0.25, 0.3) is 0 Å². The Balaban J connectivity index is 1.20. The fraction of sp³-hybridized carbons (Fsp3) is 0.444. The molecule has 1 saturated heterocycles. The lowest BCUT2D eigenvalue weighted by atomic mass is 10.1. The summed E-state index contributed by atoms with van der Waals surface area (Å²) in [7, 11) is 0. The number of anilines is 2. The van der Waals surface area contributed by atoms with Crippen molar-refractivity contribution in [1.29, 1.82) is 0 Å². The number of rotatable bonds is 10. The van der Waals surface area contributed by atoms with Crippen LogP contribution in [-0.4, -0.2) is 74.4 Å². The zero-order valence-corrected chi connectivity index (χ0v) is 20.4. The first kappa shape index (κ1) is 24.7. The fourth-order valence-corrected chi connectivity index (χ4v) is 4.53. The quantitative estimate of drug-likeness (QED) is 0.419. The third-order valence-electron chi connectivity index (χ3n) is 6.44. The monoisotopic (exact) mass is 477 g/mol.